The Hall–Kier alpha value is -2.88. The summed E-state index contributed by atoms with van der Waals surface area (Å²) in [6.45, 7) is 2.26. The van der Waals surface area contributed by atoms with E-state index in [2.05, 4.69) is 21.9 Å². The number of aromatic nitrogens is 2. The second-order valence-electron chi connectivity index (χ2n) is 8.28. The number of aryl methyl sites for hydroxylation is 1. The van der Waals surface area contributed by atoms with Crippen LogP contribution in [-0.4, -0.2) is 58.1 Å². The molecule has 10 heteroatoms. The maximum absolute atomic E-state index is 13.0. The van der Waals surface area contributed by atoms with Gasteiger partial charge in [-0.1, -0.05) is 30.3 Å². The summed E-state index contributed by atoms with van der Waals surface area (Å²) in [7, 11) is 1.71. The van der Waals surface area contributed by atoms with E-state index in [-0.39, 0.29) is 11.9 Å². The third kappa shape index (κ3) is 6.80. The number of nitrogens with zero attached hydrogens (tertiary/aromatic N) is 3. The van der Waals surface area contributed by atoms with Gasteiger partial charge < -0.3 is 14.7 Å². The molecule has 1 aliphatic heterocycles. The summed E-state index contributed by atoms with van der Waals surface area (Å²) in [4.78, 5) is 23.9. The summed E-state index contributed by atoms with van der Waals surface area (Å²) in [5.41, 5.74) is 3.68. The lowest BCUT2D eigenvalue weighted by Gasteiger charge is -2.36. The molecule has 0 saturated heterocycles. The Morgan fingerprint density at radius 3 is 2.45 bits per heavy atom. The molecule has 1 fully saturated rings. The maximum atomic E-state index is 13.0. The van der Waals surface area contributed by atoms with E-state index in [0.29, 0.717) is 13.0 Å². The minimum Gasteiger partial charge on any atom is -0.475 e. The van der Waals surface area contributed by atoms with Crippen LogP contribution < -0.4 is 0 Å². The highest BCUT2D eigenvalue weighted by Crippen LogP contribution is 2.35. The number of carboxylic acids is 1. The monoisotopic (exact) mass is 467 g/mol. The van der Waals surface area contributed by atoms with Crippen LogP contribution in [0.3, 0.4) is 0 Å². The number of benzene rings is 1. The molecule has 4 rings (SSSR count). The van der Waals surface area contributed by atoms with E-state index in [9.17, 15) is 18.0 Å². The smallest absolute Gasteiger partial charge is 0.475 e. The van der Waals surface area contributed by atoms with Gasteiger partial charge >= 0.3 is 12.1 Å². The Bertz CT molecular complexity index is 942. The van der Waals surface area contributed by atoms with Crippen molar-refractivity contribution >= 4 is 11.9 Å². The van der Waals surface area contributed by atoms with Crippen LogP contribution in [0, 0.1) is 5.92 Å². The highest BCUT2D eigenvalue weighted by atomic mass is 19.4. The summed E-state index contributed by atoms with van der Waals surface area (Å²) < 4.78 is 39.4. The number of alkyl halides is 3. The van der Waals surface area contributed by atoms with Crippen molar-refractivity contribution in [2.24, 2.45) is 5.92 Å². The predicted molar refractivity (Wildman–Crippen MR) is 113 cm³/mol. The van der Waals surface area contributed by atoms with Gasteiger partial charge in [-0.15, -0.1) is 0 Å². The Balaban J connectivity index is 0.000000383. The van der Waals surface area contributed by atoms with Crippen molar-refractivity contribution in [3.8, 4) is 0 Å². The van der Waals surface area contributed by atoms with E-state index in [4.69, 9.17) is 14.6 Å². The van der Waals surface area contributed by atoms with Gasteiger partial charge in [0, 0.05) is 26.6 Å². The summed E-state index contributed by atoms with van der Waals surface area (Å²) in [5.74, 6) is -1.79. The number of aliphatic carboxylic acids is 1. The third-order valence-electron chi connectivity index (χ3n) is 5.76. The van der Waals surface area contributed by atoms with Gasteiger partial charge in [0.25, 0.3) is 0 Å². The molecule has 0 spiro atoms. The summed E-state index contributed by atoms with van der Waals surface area (Å²) in [6, 6.07) is 10.2. The fourth-order valence-corrected chi connectivity index (χ4v) is 3.91. The zero-order valence-corrected chi connectivity index (χ0v) is 18.4. The number of carbonyl (C=O) groups excluding carboxylic acids is 1. The van der Waals surface area contributed by atoms with E-state index < -0.39 is 12.1 Å². The van der Waals surface area contributed by atoms with Crippen molar-refractivity contribution in [1.82, 2.24) is 14.7 Å². The molecular weight excluding hydrogens is 439 g/mol. The molecule has 0 bridgehead atoms. The van der Waals surface area contributed by atoms with Crippen LogP contribution in [0.1, 0.15) is 42.1 Å². The summed E-state index contributed by atoms with van der Waals surface area (Å²) in [5, 5.41) is 11.7. The number of methoxy groups -OCH3 is 1. The summed E-state index contributed by atoms with van der Waals surface area (Å²) in [6.07, 6.45) is 1.70. The molecule has 2 heterocycles. The topological polar surface area (TPSA) is 84.7 Å². The van der Waals surface area contributed by atoms with Crippen molar-refractivity contribution in [3.05, 3.63) is 53.3 Å². The molecule has 2 aromatic rings. The Labute approximate surface area is 190 Å². The van der Waals surface area contributed by atoms with Crippen molar-refractivity contribution in [2.45, 2.75) is 50.9 Å². The second-order valence-corrected chi connectivity index (χ2v) is 8.28. The molecule has 33 heavy (non-hydrogen) atoms. The van der Waals surface area contributed by atoms with E-state index in [1.807, 2.05) is 29.3 Å². The van der Waals surface area contributed by atoms with Crippen molar-refractivity contribution in [3.63, 3.8) is 0 Å². The predicted octanol–water partition coefficient (Wildman–Crippen LogP) is 3.63. The third-order valence-corrected chi connectivity index (χ3v) is 5.76. The molecule has 1 unspecified atom stereocenters. The highest BCUT2D eigenvalue weighted by Gasteiger charge is 2.38. The molecule has 1 amide bonds. The molecule has 1 aliphatic carbocycles. The number of amides is 1. The van der Waals surface area contributed by atoms with Crippen LogP contribution in [0.5, 0.6) is 0 Å². The first-order valence-corrected chi connectivity index (χ1v) is 10.9. The second kappa shape index (κ2) is 10.8. The molecule has 1 N–H and O–H groups in total. The minimum atomic E-state index is -5.08. The number of hydrogen-bond acceptors (Lipinski definition) is 4. The van der Waals surface area contributed by atoms with Crippen LogP contribution >= 0.6 is 0 Å². The first-order chi connectivity index (χ1) is 15.7. The standard InChI is InChI=1S/C21H27N3O2.C2HF3O2/c1-26-15-19-21-18(13-22-24(21)14-17-7-8-17)11-12-23(19)20(25)10-9-16-5-3-2-4-6-16;3-2(4,5)1(6)7/h2-6,13,17,19H,7-12,14-15H2,1H3;(H,6,7). The highest BCUT2D eigenvalue weighted by molar-refractivity contribution is 5.77. The van der Waals surface area contributed by atoms with Gasteiger partial charge in [-0.2, -0.15) is 18.3 Å². The Kier molecular flexibility index (Phi) is 8.12. The molecule has 2 aliphatic rings. The average molecular weight is 467 g/mol. The van der Waals surface area contributed by atoms with Crippen LogP contribution in [0.25, 0.3) is 0 Å². The molecule has 1 aromatic carbocycles. The number of hydrogen-bond donors (Lipinski definition) is 1. The quantitative estimate of drug-likeness (QED) is 0.672. The fourth-order valence-electron chi connectivity index (χ4n) is 3.91. The van der Waals surface area contributed by atoms with Gasteiger partial charge in [-0.05, 0) is 42.7 Å². The molecule has 0 radical (unpaired) electrons. The van der Waals surface area contributed by atoms with Gasteiger partial charge in [-0.3, -0.25) is 9.48 Å². The molecular formula is C23H28F3N3O4. The zero-order chi connectivity index (χ0) is 24.0. The van der Waals surface area contributed by atoms with E-state index in [0.717, 1.165) is 31.8 Å². The Morgan fingerprint density at radius 2 is 1.88 bits per heavy atom. The SMILES string of the molecule is COCC1c2c(cnn2CC2CC2)CCN1C(=O)CCc1ccccc1.O=C(O)C(F)(F)F. The average Bonchev–Trinajstić information content (AvgIpc) is 3.51. The lowest BCUT2D eigenvalue weighted by Crippen LogP contribution is -2.43. The summed E-state index contributed by atoms with van der Waals surface area (Å²) >= 11 is 0. The number of carbonyl (C=O) groups is 2. The minimum absolute atomic E-state index is 0.0201. The van der Waals surface area contributed by atoms with Gasteiger partial charge in [-0.25, -0.2) is 4.79 Å². The van der Waals surface area contributed by atoms with E-state index in [1.54, 1.807) is 7.11 Å². The zero-order valence-electron chi connectivity index (χ0n) is 18.4. The molecule has 7 nitrogen and oxygen atoms in total. The number of carboxylic acid groups (broad SMARTS) is 1. The lowest BCUT2D eigenvalue weighted by molar-refractivity contribution is -0.192. The van der Waals surface area contributed by atoms with Crippen molar-refractivity contribution < 1.29 is 32.6 Å². The first-order valence-electron chi connectivity index (χ1n) is 10.9. The van der Waals surface area contributed by atoms with Gasteiger partial charge in [0.15, 0.2) is 0 Å². The molecule has 1 atom stereocenters. The van der Waals surface area contributed by atoms with Crippen LogP contribution in [0.15, 0.2) is 36.5 Å². The van der Waals surface area contributed by atoms with Crippen LogP contribution in [-0.2, 0) is 33.7 Å². The first kappa shape index (κ1) is 24.8. The molecule has 1 saturated carbocycles. The van der Waals surface area contributed by atoms with E-state index in [1.165, 1.54) is 29.7 Å². The number of rotatable bonds is 7. The number of ether oxygens (including phenoxy) is 1. The van der Waals surface area contributed by atoms with Gasteiger partial charge in [0.05, 0.1) is 24.5 Å². The van der Waals surface area contributed by atoms with Crippen molar-refractivity contribution in [2.75, 3.05) is 20.3 Å². The normalized spacial score (nSPS) is 17.7. The van der Waals surface area contributed by atoms with Gasteiger partial charge in [0.1, 0.15) is 0 Å². The Morgan fingerprint density at radius 1 is 1.21 bits per heavy atom. The number of halogens is 3. The van der Waals surface area contributed by atoms with Crippen LogP contribution in [0.4, 0.5) is 13.2 Å². The van der Waals surface area contributed by atoms with Crippen LogP contribution in [0.2, 0.25) is 0 Å². The molecule has 1 aromatic heterocycles. The van der Waals surface area contributed by atoms with Crippen molar-refractivity contribution in [1.29, 1.82) is 0 Å². The number of fused-ring (bicyclic) bond motifs is 1. The maximum Gasteiger partial charge on any atom is 0.490 e. The fraction of sp³-hybridized carbons (Fsp3) is 0.522. The lowest BCUT2D eigenvalue weighted by atomic mass is 9.99. The van der Waals surface area contributed by atoms with E-state index >= 15 is 0 Å². The molecule has 180 valence electrons. The largest absolute Gasteiger partial charge is 0.490 e. The van der Waals surface area contributed by atoms with Gasteiger partial charge in [0.2, 0.25) is 5.91 Å².